The number of hydrogen-bond donors (Lipinski definition) is 2. The largest absolute Gasteiger partial charge is 0.481 e. The summed E-state index contributed by atoms with van der Waals surface area (Å²) in [5, 5.41) is 19.5. The van der Waals surface area contributed by atoms with Gasteiger partial charge in [-0.25, -0.2) is 0 Å². The van der Waals surface area contributed by atoms with Crippen LogP contribution in [0.3, 0.4) is 0 Å². The van der Waals surface area contributed by atoms with Gasteiger partial charge in [-0.2, -0.15) is 0 Å². The van der Waals surface area contributed by atoms with E-state index in [4.69, 9.17) is 0 Å². The van der Waals surface area contributed by atoms with E-state index in [2.05, 4.69) is 15.9 Å². The van der Waals surface area contributed by atoms with Gasteiger partial charge in [0.25, 0.3) is 0 Å². The maximum Gasteiger partial charge on any atom is 0.315 e. The Morgan fingerprint density at radius 3 is 2.29 bits per heavy atom. The standard InChI is InChI=1S/C16H15BrO4/c1-15(13(18)19)12(17)8-5-9-16(15,14(20)21)10-11-6-3-2-4-7-11/h2-9H,10H2,1H3,(H,18,19)(H,20,21). The Bertz CT molecular complexity index is 635. The molecule has 0 fully saturated rings. The van der Waals surface area contributed by atoms with Gasteiger partial charge in [-0.1, -0.05) is 64.5 Å². The molecule has 2 rings (SSSR count). The van der Waals surface area contributed by atoms with E-state index in [-0.39, 0.29) is 6.42 Å². The molecule has 0 amide bonds. The van der Waals surface area contributed by atoms with Crippen molar-refractivity contribution < 1.29 is 19.8 Å². The van der Waals surface area contributed by atoms with Gasteiger partial charge >= 0.3 is 11.9 Å². The topological polar surface area (TPSA) is 74.6 Å². The molecule has 0 radical (unpaired) electrons. The number of halogens is 1. The Morgan fingerprint density at radius 2 is 1.76 bits per heavy atom. The van der Waals surface area contributed by atoms with Gasteiger partial charge < -0.3 is 10.2 Å². The summed E-state index contributed by atoms with van der Waals surface area (Å²) in [6.45, 7) is 1.44. The van der Waals surface area contributed by atoms with Crippen LogP contribution in [0, 0.1) is 10.8 Å². The Labute approximate surface area is 130 Å². The quantitative estimate of drug-likeness (QED) is 0.873. The van der Waals surface area contributed by atoms with Crippen LogP contribution in [0.1, 0.15) is 12.5 Å². The predicted molar refractivity (Wildman–Crippen MR) is 82.1 cm³/mol. The van der Waals surface area contributed by atoms with Crippen molar-refractivity contribution in [1.82, 2.24) is 0 Å². The maximum absolute atomic E-state index is 12.0. The van der Waals surface area contributed by atoms with Crippen LogP contribution in [0.4, 0.5) is 0 Å². The molecule has 1 aliphatic rings. The summed E-state index contributed by atoms with van der Waals surface area (Å²) < 4.78 is 0.350. The molecule has 0 aliphatic heterocycles. The van der Waals surface area contributed by atoms with Crippen LogP contribution in [0.15, 0.2) is 53.0 Å². The minimum Gasteiger partial charge on any atom is -0.481 e. The van der Waals surface area contributed by atoms with Gasteiger partial charge in [0.15, 0.2) is 0 Å². The normalized spacial score (nSPS) is 28.0. The van der Waals surface area contributed by atoms with Crippen LogP contribution in [0.5, 0.6) is 0 Å². The highest BCUT2D eigenvalue weighted by atomic mass is 79.9. The number of carboxylic acids is 2. The van der Waals surface area contributed by atoms with E-state index in [1.54, 1.807) is 36.4 Å². The average Bonchev–Trinajstić information content (AvgIpc) is 2.44. The zero-order chi connectivity index (χ0) is 15.7. The molecule has 21 heavy (non-hydrogen) atoms. The first-order chi connectivity index (χ1) is 9.84. The Kier molecular flexibility index (Phi) is 4.05. The number of allylic oxidation sites excluding steroid dienone is 2. The lowest BCUT2D eigenvalue weighted by molar-refractivity contribution is -0.164. The van der Waals surface area contributed by atoms with Crippen LogP contribution >= 0.6 is 15.9 Å². The minimum atomic E-state index is -1.57. The highest BCUT2D eigenvalue weighted by molar-refractivity contribution is 9.11. The van der Waals surface area contributed by atoms with Gasteiger partial charge in [0, 0.05) is 4.48 Å². The fraction of sp³-hybridized carbons (Fsp3) is 0.250. The van der Waals surface area contributed by atoms with Gasteiger partial charge in [0.1, 0.15) is 10.8 Å². The molecule has 4 nitrogen and oxygen atoms in total. The lowest BCUT2D eigenvalue weighted by Gasteiger charge is -2.42. The first-order valence-corrected chi connectivity index (χ1v) is 7.20. The maximum atomic E-state index is 12.0. The van der Waals surface area contributed by atoms with Crippen LogP contribution < -0.4 is 0 Å². The van der Waals surface area contributed by atoms with E-state index in [1.807, 2.05) is 6.07 Å². The third-order valence-electron chi connectivity index (χ3n) is 4.13. The van der Waals surface area contributed by atoms with E-state index >= 15 is 0 Å². The zero-order valence-electron chi connectivity index (χ0n) is 11.4. The number of benzene rings is 1. The molecule has 1 aromatic rings. The van der Waals surface area contributed by atoms with Crippen molar-refractivity contribution in [3.8, 4) is 0 Å². The van der Waals surface area contributed by atoms with Crippen LogP contribution in [-0.4, -0.2) is 22.2 Å². The first-order valence-electron chi connectivity index (χ1n) is 6.41. The monoisotopic (exact) mass is 350 g/mol. The summed E-state index contributed by atoms with van der Waals surface area (Å²) in [5.41, 5.74) is -2.34. The molecular formula is C16H15BrO4. The first kappa shape index (κ1) is 15.5. The fourth-order valence-corrected chi connectivity index (χ4v) is 3.33. The van der Waals surface area contributed by atoms with Crippen molar-refractivity contribution in [2.24, 2.45) is 10.8 Å². The predicted octanol–water partition coefficient (Wildman–Crippen LogP) is 3.24. The number of rotatable bonds is 4. The highest BCUT2D eigenvalue weighted by Crippen LogP contribution is 2.53. The van der Waals surface area contributed by atoms with Crippen molar-refractivity contribution in [3.05, 3.63) is 58.6 Å². The number of carboxylic acid groups (broad SMARTS) is 2. The van der Waals surface area contributed by atoms with Gasteiger partial charge in [0.05, 0.1) is 0 Å². The molecule has 1 aromatic carbocycles. The number of hydrogen-bond acceptors (Lipinski definition) is 2. The molecule has 0 heterocycles. The van der Waals surface area contributed by atoms with E-state index in [0.29, 0.717) is 4.48 Å². The molecule has 0 saturated carbocycles. The smallest absolute Gasteiger partial charge is 0.315 e. The summed E-state index contributed by atoms with van der Waals surface area (Å²) in [5.74, 6) is -2.33. The zero-order valence-corrected chi connectivity index (χ0v) is 13.0. The van der Waals surface area contributed by atoms with Gasteiger partial charge in [-0.05, 0) is 18.9 Å². The van der Waals surface area contributed by atoms with Crippen LogP contribution in [-0.2, 0) is 16.0 Å². The third kappa shape index (κ3) is 2.31. The third-order valence-corrected chi connectivity index (χ3v) is 5.19. The highest BCUT2D eigenvalue weighted by Gasteiger charge is 2.59. The lowest BCUT2D eigenvalue weighted by Crippen LogP contribution is -2.52. The number of carbonyl (C=O) groups is 2. The summed E-state index contributed by atoms with van der Waals surface area (Å²) in [6.07, 6.45) is 4.75. The summed E-state index contributed by atoms with van der Waals surface area (Å²) in [6, 6.07) is 9.04. The molecular weight excluding hydrogens is 336 g/mol. The molecule has 2 unspecified atom stereocenters. The van der Waals surface area contributed by atoms with Crippen molar-refractivity contribution >= 4 is 27.9 Å². The van der Waals surface area contributed by atoms with Crippen molar-refractivity contribution in [2.45, 2.75) is 13.3 Å². The van der Waals surface area contributed by atoms with Crippen molar-refractivity contribution in [2.75, 3.05) is 0 Å². The lowest BCUT2D eigenvalue weighted by atomic mass is 9.59. The molecule has 110 valence electrons. The molecule has 2 atom stereocenters. The second-order valence-electron chi connectivity index (χ2n) is 5.24. The molecule has 5 heteroatoms. The van der Waals surface area contributed by atoms with Gasteiger partial charge in [-0.15, -0.1) is 0 Å². The van der Waals surface area contributed by atoms with Gasteiger partial charge in [-0.3, -0.25) is 9.59 Å². The van der Waals surface area contributed by atoms with Gasteiger partial charge in [0.2, 0.25) is 0 Å². The Balaban J connectivity index is 2.61. The summed E-state index contributed by atoms with van der Waals surface area (Å²) in [7, 11) is 0. The molecule has 0 bridgehead atoms. The molecule has 2 N–H and O–H groups in total. The number of aliphatic carboxylic acids is 2. The van der Waals surface area contributed by atoms with E-state index in [9.17, 15) is 19.8 Å². The van der Waals surface area contributed by atoms with E-state index in [0.717, 1.165) is 5.56 Å². The Morgan fingerprint density at radius 1 is 1.14 bits per heavy atom. The fourth-order valence-electron chi connectivity index (χ4n) is 2.65. The minimum absolute atomic E-state index is 0.103. The summed E-state index contributed by atoms with van der Waals surface area (Å²) in [4.78, 5) is 23.8. The molecule has 1 aliphatic carbocycles. The van der Waals surface area contributed by atoms with E-state index in [1.165, 1.54) is 13.0 Å². The summed E-state index contributed by atoms with van der Waals surface area (Å²) >= 11 is 3.23. The molecule has 0 saturated heterocycles. The van der Waals surface area contributed by atoms with Crippen LogP contribution in [0.25, 0.3) is 0 Å². The second-order valence-corrected chi connectivity index (χ2v) is 6.10. The van der Waals surface area contributed by atoms with Crippen LogP contribution in [0.2, 0.25) is 0 Å². The van der Waals surface area contributed by atoms with Crippen molar-refractivity contribution in [1.29, 1.82) is 0 Å². The Hall–Kier alpha value is -1.88. The van der Waals surface area contributed by atoms with E-state index < -0.39 is 22.8 Å². The molecule has 0 aromatic heterocycles. The second kappa shape index (κ2) is 5.48. The molecule has 0 spiro atoms. The average molecular weight is 351 g/mol. The SMILES string of the molecule is CC1(C(=O)O)C(Br)=CC=CC1(Cc1ccccc1)C(=O)O. The van der Waals surface area contributed by atoms with Crippen molar-refractivity contribution in [3.63, 3.8) is 0 Å².